The van der Waals surface area contributed by atoms with Gasteiger partial charge in [0.2, 0.25) is 0 Å². The highest BCUT2D eigenvalue weighted by Gasteiger charge is 2.54. The Hall–Kier alpha value is -6.12. The van der Waals surface area contributed by atoms with Gasteiger partial charge in [0, 0.05) is 136 Å². The summed E-state index contributed by atoms with van der Waals surface area (Å²) in [6.07, 6.45) is -9.33. The van der Waals surface area contributed by atoms with Crippen LogP contribution in [0.1, 0.15) is 122 Å². The van der Waals surface area contributed by atoms with Gasteiger partial charge in [-0.15, -0.1) is 35.3 Å². The van der Waals surface area contributed by atoms with Crippen molar-refractivity contribution >= 4 is 107 Å². The van der Waals surface area contributed by atoms with Crippen LogP contribution < -0.4 is 0 Å². The fourth-order valence-corrected chi connectivity index (χ4v) is 15.0. The molecule has 0 amide bonds. The Morgan fingerprint density at radius 2 is 0.551 bits per heavy atom. The van der Waals surface area contributed by atoms with E-state index in [-0.39, 0.29) is 105 Å². The molecule has 3 heterocycles. The first-order valence-corrected chi connectivity index (χ1v) is 31.4. The molecule has 15 atom stereocenters. The Balaban J connectivity index is 1.97. The van der Waals surface area contributed by atoms with E-state index in [1.165, 1.54) is 56.1 Å². The Kier molecular flexibility index (Phi) is 34.0. The molecule has 0 aromatic heterocycles. The first kappa shape index (κ1) is 77.1. The molecule has 3 aliphatic rings. The summed E-state index contributed by atoms with van der Waals surface area (Å²) in [6.45, 7) is 12.5. The summed E-state index contributed by atoms with van der Waals surface area (Å²) in [6, 6.07) is 0. The van der Waals surface area contributed by atoms with Gasteiger partial charge in [0.15, 0.2) is 54.9 Å². The molecule has 0 spiro atoms. The number of hydrogen-bond donors (Lipinski definition) is 0. The lowest BCUT2D eigenvalue weighted by Gasteiger charge is -2.44. The van der Waals surface area contributed by atoms with E-state index in [9.17, 15) is 63.1 Å². The van der Waals surface area contributed by atoms with Crippen LogP contribution >= 0.6 is 35.3 Å². The summed E-state index contributed by atoms with van der Waals surface area (Å²) in [5.41, 5.74) is 8.49. The van der Waals surface area contributed by atoms with Gasteiger partial charge < -0.3 is 71.1 Å². The highest BCUT2D eigenvalue weighted by Crippen LogP contribution is 2.43. The molecule has 0 radical (unpaired) electrons. The minimum Gasteiger partial charge on any atom is -0.465 e. The maximum absolute atomic E-state index is 12.5. The molecule has 89 heavy (non-hydrogen) atoms. The fraction of sp³-hybridized carbons (Fsp3) is 0.786. The molecule has 30 nitrogen and oxygen atoms in total. The molecule has 0 aromatic carbocycles. The van der Waals surface area contributed by atoms with Gasteiger partial charge in [-0.25, -0.2) is 0 Å². The van der Waals surface area contributed by atoms with Crippen LogP contribution in [0.3, 0.4) is 0 Å². The lowest BCUT2D eigenvalue weighted by Crippen LogP contribution is -2.58. The highest BCUT2D eigenvalue weighted by atomic mass is 32.2. The summed E-state index contributed by atoms with van der Waals surface area (Å²) in [5.74, 6) is -8.50. The number of nitrogens with zero attached hydrogens (tertiary/aromatic N) is 3. The standard InChI is InChI=1S/C56H83N3O27S3/c1-29(60)75-22-44-50(81-35(7)66)53(84-38(10)69)47(78-32(4)63)41(87-44)16-13-19-72-26-56(25-58-59-57,27-73-20-14-17-42-48(79-33(5)64)54(85-39(11)70)51(82-36(8)67)45(88-42)23-76-30(2)61)28-74-21-15-18-43-49(80-34(6)65)55(86-40(12)71)52(83-37(9)68)46(89-43)24-77-31(3)62/h41-55H,13-28H2,1-12H3/t41-,42-,43+,44+,45+,46+,47-,48-,49+,50+,51+,52+,53+,54+,55+/m0/s1. The van der Waals surface area contributed by atoms with Crippen molar-refractivity contribution in [3.8, 4) is 0 Å². The van der Waals surface area contributed by atoms with Crippen LogP contribution in [0, 0.1) is 5.41 Å². The number of rotatable bonds is 35. The molecule has 3 saturated heterocycles. The first-order chi connectivity index (χ1) is 41.9. The maximum atomic E-state index is 12.5. The lowest BCUT2D eigenvalue weighted by molar-refractivity contribution is -0.186. The molecule has 0 aromatic rings. The Labute approximate surface area is 528 Å². The van der Waals surface area contributed by atoms with Crippen LogP contribution in [0.25, 0.3) is 10.4 Å². The van der Waals surface area contributed by atoms with E-state index in [4.69, 9.17) is 71.1 Å². The summed E-state index contributed by atoms with van der Waals surface area (Å²) < 4.78 is 85.8. The van der Waals surface area contributed by atoms with Crippen LogP contribution in [0.2, 0.25) is 0 Å². The zero-order valence-electron chi connectivity index (χ0n) is 52.1. The largest absolute Gasteiger partial charge is 0.465 e. The summed E-state index contributed by atoms with van der Waals surface area (Å²) >= 11 is 3.61. The smallest absolute Gasteiger partial charge is 0.303 e. The number of esters is 12. The van der Waals surface area contributed by atoms with Crippen LogP contribution in [0.4, 0.5) is 0 Å². The molecule has 0 unspecified atom stereocenters. The number of carbonyl (C=O) groups is 12. The molecule has 3 rings (SSSR count). The third-order valence-corrected chi connectivity index (χ3v) is 18.1. The molecular weight excluding hydrogens is 1240 g/mol. The zero-order chi connectivity index (χ0) is 66.5. The van der Waals surface area contributed by atoms with Crippen molar-refractivity contribution in [2.45, 2.75) is 208 Å². The third-order valence-electron chi connectivity index (χ3n) is 13.3. The van der Waals surface area contributed by atoms with Crippen LogP contribution in [-0.4, -0.2) is 224 Å². The normalized spacial score (nSPS) is 26.4. The number of azide groups is 1. The van der Waals surface area contributed by atoms with E-state index in [1.807, 2.05) is 0 Å². The van der Waals surface area contributed by atoms with Crippen molar-refractivity contribution in [2.24, 2.45) is 10.5 Å². The van der Waals surface area contributed by atoms with Gasteiger partial charge in [0.1, 0.15) is 19.8 Å². The average molecular weight is 1330 g/mol. The van der Waals surface area contributed by atoms with Crippen LogP contribution in [-0.2, 0) is 129 Å². The van der Waals surface area contributed by atoms with Crippen LogP contribution in [0.15, 0.2) is 5.11 Å². The van der Waals surface area contributed by atoms with Crippen molar-refractivity contribution in [2.75, 3.05) is 66.0 Å². The minimum atomic E-state index is -1.29. The van der Waals surface area contributed by atoms with E-state index in [0.29, 0.717) is 0 Å². The van der Waals surface area contributed by atoms with Gasteiger partial charge in [-0.2, -0.15) is 0 Å². The van der Waals surface area contributed by atoms with Crippen LogP contribution in [0.5, 0.6) is 0 Å². The second-order valence-electron chi connectivity index (χ2n) is 21.2. The summed E-state index contributed by atoms with van der Waals surface area (Å²) in [5, 5.41) is -0.292. The first-order valence-electron chi connectivity index (χ1n) is 28.6. The monoisotopic (exact) mass is 1330 g/mol. The second kappa shape index (κ2) is 39.2. The molecule has 0 aliphatic carbocycles. The molecule has 502 valence electrons. The van der Waals surface area contributed by atoms with Gasteiger partial charge in [-0.1, -0.05) is 5.11 Å². The number of carbonyl (C=O) groups excluding carboxylic acids is 12. The maximum Gasteiger partial charge on any atom is 0.303 e. The minimum absolute atomic E-state index is 0.0215. The fourth-order valence-electron chi connectivity index (χ4n) is 10.1. The molecule has 0 N–H and O–H groups in total. The van der Waals surface area contributed by atoms with Gasteiger partial charge >= 0.3 is 71.6 Å². The van der Waals surface area contributed by atoms with Crippen molar-refractivity contribution in [3.63, 3.8) is 0 Å². The number of thioether (sulfide) groups is 3. The molecule has 0 saturated carbocycles. The molecule has 33 heteroatoms. The van der Waals surface area contributed by atoms with Crippen molar-refractivity contribution in [1.82, 2.24) is 0 Å². The van der Waals surface area contributed by atoms with E-state index >= 15 is 0 Å². The molecule has 3 aliphatic heterocycles. The predicted molar refractivity (Wildman–Crippen MR) is 312 cm³/mol. The lowest BCUT2D eigenvalue weighted by atomic mass is 9.91. The average Bonchev–Trinajstić information content (AvgIpc) is 1.95. The van der Waals surface area contributed by atoms with E-state index < -0.39 is 163 Å². The highest BCUT2D eigenvalue weighted by molar-refractivity contribution is 8.01. The second-order valence-corrected chi connectivity index (χ2v) is 25.6. The molecule has 3 fully saturated rings. The number of hydrogen-bond acceptors (Lipinski definition) is 31. The van der Waals surface area contributed by atoms with Crippen molar-refractivity contribution < 1.29 is 129 Å². The van der Waals surface area contributed by atoms with Gasteiger partial charge in [0.05, 0.1) is 35.6 Å². The van der Waals surface area contributed by atoms with Gasteiger partial charge in [0.25, 0.3) is 0 Å². The predicted octanol–water partition coefficient (Wildman–Crippen LogP) is 4.20. The molecule has 0 bridgehead atoms. The topological polar surface area (TPSA) is 392 Å². The van der Waals surface area contributed by atoms with Crippen molar-refractivity contribution in [3.05, 3.63) is 10.4 Å². The summed E-state index contributed by atoms with van der Waals surface area (Å²) in [4.78, 5) is 151. The Morgan fingerprint density at radius 3 is 0.753 bits per heavy atom. The Bertz CT molecular complexity index is 2240. The number of ether oxygens (including phenoxy) is 15. The zero-order valence-corrected chi connectivity index (χ0v) is 54.5. The van der Waals surface area contributed by atoms with Gasteiger partial charge in [-0.3, -0.25) is 57.5 Å². The Morgan fingerprint density at radius 1 is 0.337 bits per heavy atom. The van der Waals surface area contributed by atoms with E-state index in [0.717, 1.165) is 62.3 Å². The molecular formula is C56H83N3O27S3. The quantitative estimate of drug-likeness (QED) is 0.0214. The van der Waals surface area contributed by atoms with E-state index in [2.05, 4.69) is 10.0 Å². The third kappa shape index (κ3) is 27.9. The van der Waals surface area contributed by atoms with E-state index in [1.54, 1.807) is 0 Å². The van der Waals surface area contributed by atoms with Gasteiger partial charge in [-0.05, 0) is 44.1 Å². The summed E-state index contributed by atoms with van der Waals surface area (Å²) in [7, 11) is 0. The SMILES string of the molecule is CC(=O)OC[C@H]1S[C@H](CCCOCC(CN=[N+]=[N-])(COCCC[C@@H]2S[C@H](COC(C)=O)[C@@H](OC(C)=O)[C@H](OC(C)=O)[C@H]2OC(C)=O)COCCC[C@@H]2S[C@H](COC(C)=O)[C@@H](OC(C)=O)[C@H](OC(C)=O)[C@H]2OC(C)=O)[C@@H](OC(C)=O)[C@@H](OC(C)=O)[C@@H]1OC(C)=O. The van der Waals surface area contributed by atoms with Crippen molar-refractivity contribution in [1.29, 1.82) is 0 Å².